The zero-order valence-electron chi connectivity index (χ0n) is 18.0. The Morgan fingerprint density at radius 1 is 1.34 bits per heavy atom. The zero-order valence-corrected chi connectivity index (χ0v) is 21.1. The maximum Gasteiger partial charge on any atom is 0.209 e. The molecule has 8 nitrogen and oxygen atoms in total. The average Bonchev–Trinajstić information content (AvgIpc) is 2.92. The molecule has 0 saturated heterocycles. The lowest BCUT2D eigenvalue weighted by atomic mass is 10.1. The smallest absolute Gasteiger partial charge is 0.209 e. The highest BCUT2D eigenvalue weighted by Crippen LogP contribution is 2.35. The van der Waals surface area contributed by atoms with E-state index >= 15 is 0 Å². The van der Waals surface area contributed by atoms with Crippen molar-refractivity contribution in [3.63, 3.8) is 0 Å². The van der Waals surface area contributed by atoms with Crippen LogP contribution >= 0.6 is 24.0 Å². The molecule has 10 heteroatoms. The van der Waals surface area contributed by atoms with Crippen LogP contribution in [0.4, 0.5) is 0 Å². The molecule has 0 radical (unpaired) electrons. The molecule has 3 N–H and O–H groups in total. The van der Waals surface area contributed by atoms with Gasteiger partial charge < -0.3 is 20.1 Å². The predicted octanol–water partition coefficient (Wildman–Crippen LogP) is 2.02. The third kappa shape index (κ3) is 8.17. The molecule has 1 aliphatic rings. The minimum Gasteiger partial charge on any atom is -0.494 e. The number of nitrogens with zero attached hydrogens (tertiary/aromatic N) is 1. The SMILES string of the molecule is CCOc1cc2c(cc1CNC(=NC)NCC(C)(C)NS(C)(=O)=O)OC(C)C2.I. The molecule has 0 bridgehead atoms. The quantitative estimate of drug-likeness (QED) is 0.265. The van der Waals surface area contributed by atoms with E-state index in [4.69, 9.17) is 9.47 Å². The Morgan fingerprint density at radius 3 is 2.62 bits per heavy atom. The lowest BCUT2D eigenvalue weighted by molar-refractivity contribution is 0.254. The van der Waals surface area contributed by atoms with E-state index in [2.05, 4.69) is 33.3 Å². The van der Waals surface area contributed by atoms with Crippen LogP contribution < -0.4 is 24.8 Å². The summed E-state index contributed by atoms with van der Waals surface area (Å²) in [5, 5.41) is 6.40. The van der Waals surface area contributed by atoms with Gasteiger partial charge in [-0.25, -0.2) is 13.1 Å². The van der Waals surface area contributed by atoms with Crippen molar-refractivity contribution in [3.05, 3.63) is 23.3 Å². The second-order valence-electron chi connectivity index (χ2n) is 7.67. The zero-order chi connectivity index (χ0) is 20.9. The highest BCUT2D eigenvalue weighted by atomic mass is 127. The number of nitrogens with one attached hydrogen (secondary N) is 3. The molecule has 0 saturated carbocycles. The first kappa shape index (κ1) is 25.8. The molecular formula is C19H33IN4O4S. The molecule has 0 fully saturated rings. The molecule has 166 valence electrons. The molecule has 1 atom stereocenters. The van der Waals surface area contributed by atoms with Crippen molar-refractivity contribution in [3.8, 4) is 11.5 Å². The minimum absolute atomic E-state index is 0. The van der Waals surface area contributed by atoms with Crippen LogP contribution in [-0.4, -0.2) is 52.5 Å². The van der Waals surface area contributed by atoms with Crippen molar-refractivity contribution in [2.75, 3.05) is 26.5 Å². The van der Waals surface area contributed by atoms with E-state index in [1.165, 1.54) is 0 Å². The molecule has 0 spiro atoms. The first-order valence-corrected chi connectivity index (χ1v) is 11.3. The summed E-state index contributed by atoms with van der Waals surface area (Å²) in [7, 11) is -1.62. The number of hydrogen-bond donors (Lipinski definition) is 3. The van der Waals surface area contributed by atoms with Gasteiger partial charge in [-0.05, 0) is 39.8 Å². The second kappa shape index (κ2) is 10.7. The number of guanidine groups is 1. The van der Waals surface area contributed by atoms with Crippen LogP contribution in [-0.2, 0) is 23.0 Å². The van der Waals surface area contributed by atoms with Gasteiger partial charge in [-0.15, -0.1) is 24.0 Å². The van der Waals surface area contributed by atoms with Crippen molar-refractivity contribution in [1.29, 1.82) is 0 Å². The maximum atomic E-state index is 11.5. The fourth-order valence-corrected chi connectivity index (χ4v) is 4.23. The number of rotatable bonds is 8. The number of fused-ring (bicyclic) bond motifs is 1. The van der Waals surface area contributed by atoms with Gasteiger partial charge in [-0.2, -0.15) is 0 Å². The van der Waals surface area contributed by atoms with Crippen molar-refractivity contribution in [2.45, 2.75) is 52.3 Å². The Labute approximate surface area is 191 Å². The van der Waals surface area contributed by atoms with Crippen LogP contribution in [0.3, 0.4) is 0 Å². The van der Waals surface area contributed by atoms with E-state index in [0.29, 0.717) is 25.7 Å². The third-order valence-electron chi connectivity index (χ3n) is 4.21. The molecule has 1 aromatic rings. The van der Waals surface area contributed by atoms with Gasteiger partial charge in [0.05, 0.1) is 12.9 Å². The van der Waals surface area contributed by atoms with E-state index in [9.17, 15) is 8.42 Å². The summed E-state index contributed by atoms with van der Waals surface area (Å²) < 4.78 is 37.2. The Balaban J connectivity index is 0.00000420. The van der Waals surface area contributed by atoms with Crippen molar-refractivity contribution < 1.29 is 17.9 Å². The van der Waals surface area contributed by atoms with E-state index in [0.717, 1.165) is 35.3 Å². The Hall–Kier alpha value is -1.27. The van der Waals surface area contributed by atoms with Gasteiger partial charge in [-0.1, -0.05) is 0 Å². The summed E-state index contributed by atoms with van der Waals surface area (Å²) in [6, 6.07) is 4.06. The number of sulfonamides is 1. The van der Waals surface area contributed by atoms with Gasteiger partial charge in [0, 0.05) is 43.2 Å². The molecule has 0 aromatic heterocycles. The fraction of sp³-hybridized carbons (Fsp3) is 0.632. The van der Waals surface area contributed by atoms with Crippen LogP contribution in [0.15, 0.2) is 17.1 Å². The van der Waals surface area contributed by atoms with Crippen LogP contribution in [0.5, 0.6) is 11.5 Å². The second-order valence-corrected chi connectivity index (χ2v) is 9.42. The molecule has 1 aromatic carbocycles. The largest absolute Gasteiger partial charge is 0.494 e. The number of hydrogen-bond acceptors (Lipinski definition) is 5. The Bertz CT molecular complexity index is 828. The summed E-state index contributed by atoms with van der Waals surface area (Å²) in [6.07, 6.45) is 2.20. The number of halogens is 1. The summed E-state index contributed by atoms with van der Waals surface area (Å²) in [6.45, 7) is 9.08. The van der Waals surface area contributed by atoms with Gasteiger partial charge in [-0.3, -0.25) is 4.99 Å². The topological polar surface area (TPSA) is 101 Å². The number of ether oxygens (including phenoxy) is 2. The lowest BCUT2D eigenvalue weighted by Gasteiger charge is -2.26. The highest BCUT2D eigenvalue weighted by Gasteiger charge is 2.23. The van der Waals surface area contributed by atoms with Gasteiger partial charge in [0.25, 0.3) is 0 Å². The van der Waals surface area contributed by atoms with Crippen LogP contribution in [0.25, 0.3) is 0 Å². The molecule has 1 heterocycles. The third-order valence-corrected chi connectivity index (χ3v) is 5.13. The van der Waals surface area contributed by atoms with E-state index < -0.39 is 15.6 Å². The summed E-state index contributed by atoms with van der Waals surface area (Å²) in [5.41, 5.74) is 1.49. The summed E-state index contributed by atoms with van der Waals surface area (Å²) in [4.78, 5) is 4.21. The molecule has 1 aliphatic heterocycles. The van der Waals surface area contributed by atoms with Gasteiger partial charge in [0.2, 0.25) is 10.0 Å². The number of aliphatic imine (C=N–C) groups is 1. The van der Waals surface area contributed by atoms with E-state index in [1.54, 1.807) is 20.9 Å². The molecule has 0 aliphatic carbocycles. The minimum atomic E-state index is -3.29. The molecule has 1 unspecified atom stereocenters. The van der Waals surface area contributed by atoms with E-state index in [-0.39, 0.29) is 30.1 Å². The number of benzene rings is 1. The lowest BCUT2D eigenvalue weighted by Crippen LogP contribution is -2.52. The molecule has 2 rings (SSSR count). The molecule has 0 amide bonds. The van der Waals surface area contributed by atoms with Crippen molar-refractivity contribution in [2.24, 2.45) is 4.99 Å². The average molecular weight is 540 g/mol. The first-order chi connectivity index (χ1) is 13.0. The molecular weight excluding hydrogens is 507 g/mol. The van der Waals surface area contributed by atoms with E-state index in [1.807, 2.05) is 13.0 Å². The maximum absolute atomic E-state index is 11.5. The van der Waals surface area contributed by atoms with Crippen molar-refractivity contribution in [1.82, 2.24) is 15.4 Å². The standard InChI is InChI=1S/C19H32N4O4S.HI/c1-7-26-16-9-14-8-13(2)27-17(14)10-15(16)11-21-18(20-5)22-12-19(3,4)23-28(6,24)25;/h9-10,13,23H,7-8,11-12H2,1-6H3,(H2,20,21,22);1H. The highest BCUT2D eigenvalue weighted by molar-refractivity contribution is 14.0. The first-order valence-electron chi connectivity index (χ1n) is 9.41. The van der Waals surface area contributed by atoms with Gasteiger partial charge in [0.15, 0.2) is 5.96 Å². The normalized spacial score (nSPS) is 16.5. The monoisotopic (exact) mass is 540 g/mol. The summed E-state index contributed by atoms with van der Waals surface area (Å²) in [5.74, 6) is 2.30. The van der Waals surface area contributed by atoms with Crippen LogP contribution in [0, 0.1) is 0 Å². The Morgan fingerprint density at radius 2 is 2.03 bits per heavy atom. The Kier molecular flexibility index (Phi) is 9.48. The summed E-state index contributed by atoms with van der Waals surface area (Å²) >= 11 is 0. The predicted molar refractivity (Wildman–Crippen MR) is 127 cm³/mol. The van der Waals surface area contributed by atoms with Gasteiger partial charge >= 0.3 is 0 Å². The fourth-order valence-electron chi connectivity index (χ4n) is 3.15. The van der Waals surface area contributed by atoms with Crippen molar-refractivity contribution >= 4 is 40.0 Å². The van der Waals surface area contributed by atoms with Gasteiger partial charge in [0.1, 0.15) is 17.6 Å². The van der Waals surface area contributed by atoms with Crippen LogP contribution in [0.1, 0.15) is 38.8 Å². The van der Waals surface area contributed by atoms with Crippen LogP contribution in [0.2, 0.25) is 0 Å². The molecule has 29 heavy (non-hydrogen) atoms.